The number of ether oxygens (including phenoxy) is 1. The molecule has 0 aliphatic heterocycles. The van der Waals surface area contributed by atoms with Crippen molar-refractivity contribution < 1.29 is 9.53 Å². The molecular weight excluding hydrogens is 250 g/mol. The highest BCUT2D eigenvalue weighted by molar-refractivity contribution is 5.76. The van der Waals surface area contributed by atoms with Crippen molar-refractivity contribution in [1.29, 1.82) is 0 Å². The lowest BCUT2D eigenvalue weighted by Crippen LogP contribution is -2.24. The van der Waals surface area contributed by atoms with E-state index in [0.29, 0.717) is 18.9 Å². The lowest BCUT2D eigenvalue weighted by atomic mass is 10.1. The molecule has 3 nitrogen and oxygen atoms in total. The Morgan fingerprint density at radius 3 is 2.70 bits per heavy atom. The van der Waals surface area contributed by atoms with Gasteiger partial charge in [0.1, 0.15) is 5.75 Å². The Kier molecular flexibility index (Phi) is 5.22. The number of allylic oxidation sites excluding steroid dienone is 2. The third-order valence-electron chi connectivity index (χ3n) is 3.34. The monoisotopic (exact) mass is 273 g/mol. The van der Waals surface area contributed by atoms with E-state index >= 15 is 0 Å². The van der Waals surface area contributed by atoms with E-state index < -0.39 is 0 Å². The van der Waals surface area contributed by atoms with Gasteiger partial charge in [0.25, 0.3) is 0 Å². The highest BCUT2D eigenvalue weighted by Crippen LogP contribution is 2.20. The van der Waals surface area contributed by atoms with Crippen LogP contribution in [0, 0.1) is 5.92 Å². The van der Waals surface area contributed by atoms with E-state index in [0.717, 1.165) is 24.2 Å². The van der Waals surface area contributed by atoms with Crippen molar-refractivity contribution >= 4 is 5.91 Å². The molecule has 108 valence electrons. The van der Waals surface area contributed by atoms with Crippen molar-refractivity contribution in [2.75, 3.05) is 0 Å². The van der Waals surface area contributed by atoms with Gasteiger partial charge in [0.15, 0.2) is 0 Å². The Bertz CT molecular complexity index is 462. The molecule has 20 heavy (non-hydrogen) atoms. The first-order chi connectivity index (χ1) is 9.63. The quantitative estimate of drug-likeness (QED) is 0.806. The zero-order valence-electron chi connectivity index (χ0n) is 12.3. The highest BCUT2D eigenvalue weighted by Gasteiger charge is 2.13. The van der Waals surface area contributed by atoms with Crippen LogP contribution in [0.3, 0.4) is 0 Å². The summed E-state index contributed by atoms with van der Waals surface area (Å²) >= 11 is 0. The summed E-state index contributed by atoms with van der Waals surface area (Å²) in [5.74, 6) is 1.42. The molecule has 0 bridgehead atoms. The van der Waals surface area contributed by atoms with Crippen molar-refractivity contribution in [2.24, 2.45) is 5.92 Å². The van der Waals surface area contributed by atoms with Crippen LogP contribution >= 0.6 is 0 Å². The van der Waals surface area contributed by atoms with E-state index in [-0.39, 0.29) is 12.0 Å². The molecule has 1 aliphatic rings. The summed E-state index contributed by atoms with van der Waals surface area (Å²) in [6, 6.07) is 7.88. The van der Waals surface area contributed by atoms with Gasteiger partial charge in [-0.25, -0.2) is 0 Å². The van der Waals surface area contributed by atoms with Gasteiger partial charge in [0.05, 0.1) is 6.10 Å². The number of carbonyl (C=O) groups excluding carboxylic acids is 1. The predicted molar refractivity (Wildman–Crippen MR) is 80.5 cm³/mol. The van der Waals surface area contributed by atoms with E-state index in [9.17, 15) is 4.79 Å². The van der Waals surface area contributed by atoms with Crippen molar-refractivity contribution in [2.45, 2.75) is 45.8 Å². The van der Waals surface area contributed by atoms with Crippen LogP contribution in [-0.4, -0.2) is 12.0 Å². The minimum absolute atomic E-state index is 0.129. The van der Waals surface area contributed by atoms with Gasteiger partial charge in [-0.15, -0.1) is 0 Å². The molecule has 0 heterocycles. The van der Waals surface area contributed by atoms with Gasteiger partial charge in [-0.3, -0.25) is 4.79 Å². The van der Waals surface area contributed by atoms with Crippen LogP contribution in [-0.2, 0) is 11.3 Å². The number of amides is 1. The first-order valence-corrected chi connectivity index (χ1v) is 7.32. The summed E-state index contributed by atoms with van der Waals surface area (Å²) in [5.41, 5.74) is 1.09. The molecule has 1 unspecified atom stereocenters. The lowest BCUT2D eigenvalue weighted by Gasteiger charge is -2.11. The van der Waals surface area contributed by atoms with Gasteiger partial charge in [-0.2, -0.15) is 0 Å². The van der Waals surface area contributed by atoms with Crippen LogP contribution in [0.25, 0.3) is 0 Å². The van der Waals surface area contributed by atoms with Gasteiger partial charge < -0.3 is 10.1 Å². The average molecular weight is 273 g/mol. The number of hydrogen-bond acceptors (Lipinski definition) is 2. The Morgan fingerprint density at radius 2 is 2.10 bits per heavy atom. The fourth-order valence-corrected chi connectivity index (χ4v) is 2.33. The van der Waals surface area contributed by atoms with Crippen LogP contribution in [0.5, 0.6) is 5.75 Å². The molecule has 3 heteroatoms. The second-order valence-electron chi connectivity index (χ2n) is 5.56. The third-order valence-corrected chi connectivity index (χ3v) is 3.34. The summed E-state index contributed by atoms with van der Waals surface area (Å²) in [7, 11) is 0. The maximum Gasteiger partial charge on any atom is 0.220 e. The fourth-order valence-electron chi connectivity index (χ4n) is 2.33. The summed E-state index contributed by atoms with van der Waals surface area (Å²) in [6.07, 6.45) is 7.30. The summed E-state index contributed by atoms with van der Waals surface area (Å²) in [5, 5.41) is 2.97. The molecule has 1 aromatic rings. The maximum absolute atomic E-state index is 11.8. The van der Waals surface area contributed by atoms with Crippen molar-refractivity contribution in [3.63, 3.8) is 0 Å². The highest BCUT2D eigenvalue weighted by atomic mass is 16.5. The van der Waals surface area contributed by atoms with Crippen LogP contribution in [0.2, 0.25) is 0 Å². The summed E-state index contributed by atoms with van der Waals surface area (Å²) < 4.78 is 5.59. The fraction of sp³-hybridized carbons (Fsp3) is 0.471. The first kappa shape index (κ1) is 14.6. The topological polar surface area (TPSA) is 38.3 Å². The van der Waals surface area contributed by atoms with Gasteiger partial charge in [0.2, 0.25) is 5.91 Å². The minimum atomic E-state index is 0.129. The lowest BCUT2D eigenvalue weighted by molar-refractivity contribution is -0.121. The maximum atomic E-state index is 11.8. The first-order valence-electron chi connectivity index (χ1n) is 7.32. The molecule has 0 saturated heterocycles. The molecule has 2 rings (SSSR count). The molecule has 1 aliphatic carbocycles. The molecule has 1 aromatic carbocycles. The van der Waals surface area contributed by atoms with E-state index in [1.807, 2.05) is 38.1 Å². The number of hydrogen-bond donors (Lipinski definition) is 1. The normalized spacial score (nSPS) is 17.4. The molecule has 1 atom stereocenters. The smallest absolute Gasteiger partial charge is 0.220 e. The Hall–Kier alpha value is -1.77. The summed E-state index contributed by atoms with van der Waals surface area (Å²) in [6.45, 7) is 4.59. The zero-order valence-corrected chi connectivity index (χ0v) is 12.3. The standard InChI is InChI=1S/C17H23NO2/c1-13(2)20-16-9-7-15(8-10-16)12-18-17(19)11-14-5-3-4-6-14/h3,5,7-10,13-14H,4,6,11-12H2,1-2H3,(H,18,19). The molecule has 0 saturated carbocycles. The molecule has 0 spiro atoms. The SMILES string of the molecule is CC(C)Oc1ccc(CNC(=O)CC2C=CCC2)cc1. The summed E-state index contributed by atoms with van der Waals surface area (Å²) in [4.78, 5) is 11.8. The third kappa shape index (κ3) is 4.72. The number of carbonyl (C=O) groups is 1. The van der Waals surface area contributed by atoms with E-state index in [1.165, 1.54) is 0 Å². The van der Waals surface area contributed by atoms with Gasteiger partial charge >= 0.3 is 0 Å². The van der Waals surface area contributed by atoms with Crippen LogP contribution in [0.15, 0.2) is 36.4 Å². The van der Waals surface area contributed by atoms with Crippen molar-refractivity contribution in [3.05, 3.63) is 42.0 Å². The van der Waals surface area contributed by atoms with E-state index in [4.69, 9.17) is 4.74 Å². The van der Waals surface area contributed by atoms with Crippen LogP contribution < -0.4 is 10.1 Å². The number of rotatable bonds is 6. The Labute approximate surface area is 121 Å². The average Bonchev–Trinajstić information content (AvgIpc) is 2.90. The van der Waals surface area contributed by atoms with E-state index in [1.54, 1.807) is 0 Å². The molecule has 0 aromatic heterocycles. The van der Waals surface area contributed by atoms with Gasteiger partial charge in [-0.05, 0) is 50.3 Å². The predicted octanol–water partition coefficient (Wildman–Crippen LogP) is 3.45. The Balaban J connectivity index is 1.75. The van der Waals surface area contributed by atoms with Crippen LogP contribution in [0.1, 0.15) is 38.7 Å². The number of nitrogens with one attached hydrogen (secondary N) is 1. The molecule has 1 amide bonds. The second kappa shape index (κ2) is 7.13. The molecule has 0 radical (unpaired) electrons. The van der Waals surface area contributed by atoms with Gasteiger partial charge in [-0.1, -0.05) is 24.3 Å². The van der Waals surface area contributed by atoms with Crippen LogP contribution in [0.4, 0.5) is 0 Å². The molecule has 0 fully saturated rings. The molecule has 1 N–H and O–H groups in total. The Morgan fingerprint density at radius 1 is 1.35 bits per heavy atom. The molecular formula is C17H23NO2. The zero-order chi connectivity index (χ0) is 14.4. The van der Waals surface area contributed by atoms with Crippen molar-refractivity contribution in [1.82, 2.24) is 5.32 Å². The van der Waals surface area contributed by atoms with Gasteiger partial charge in [0, 0.05) is 13.0 Å². The number of benzene rings is 1. The minimum Gasteiger partial charge on any atom is -0.491 e. The second-order valence-corrected chi connectivity index (χ2v) is 5.56. The largest absolute Gasteiger partial charge is 0.491 e. The van der Waals surface area contributed by atoms with E-state index in [2.05, 4.69) is 17.5 Å². The van der Waals surface area contributed by atoms with Crippen molar-refractivity contribution in [3.8, 4) is 5.75 Å².